The van der Waals surface area contributed by atoms with Crippen LogP contribution in [0, 0.1) is 6.92 Å². The fourth-order valence-electron chi connectivity index (χ4n) is 4.58. The monoisotopic (exact) mass is 490 g/mol. The molecule has 3 heterocycles. The largest absolute Gasteiger partial charge is 0.497 e. The van der Waals surface area contributed by atoms with Gasteiger partial charge >= 0.3 is 0 Å². The second-order valence-electron chi connectivity index (χ2n) is 8.71. The molecule has 1 unspecified atom stereocenters. The number of ether oxygens (including phenoxy) is 1. The molecule has 1 atom stereocenters. The van der Waals surface area contributed by atoms with E-state index in [0.29, 0.717) is 41.3 Å². The number of fused-ring (bicyclic) bond motifs is 1. The first-order chi connectivity index (χ1) is 16.8. The van der Waals surface area contributed by atoms with Crippen molar-refractivity contribution in [3.63, 3.8) is 0 Å². The molecule has 1 saturated heterocycles. The molecule has 0 saturated carbocycles. The van der Waals surface area contributed by atoms with E-state index in [-0.39, 0.29) is 29.1 Å². The van der Waals surface area contributed by atoms with Crippen molar-refractivity contribution in [2.24, 2.45) is 0 Å². The Morgan fingerprint density at radius 1 is 1.11 bits per heavy atom. The molecule has 0 spiro atoms. The van der Waals surface area contributed by atoms with Gasteiger partial charge in [0.2, 0.25) is 0 Å². The summed E-state index contributed by atoms with van der Waals surface area (Å²) in [5.74, 6) is 1.26. The predicted molar refractivity (Wildman–Crippen MR) is 134 cm³/mol. The van der Waals surface area contributed by atoms with Crippen LogP contribution >= 0.6 is 0 Å². The first-order valence-electron chi connectivity index (χ1n) is 11.4. The lowest BCUT2D eigenvalue weighted by molar-refractivity contribution is 0.0947. The second kappa shape index (κ2) is 9.14. The highest BCUT2D eigenvalue weighted by atomic mass is 32.2. The van der Waals surface area contributed by atoms with Crippen LogP contribution < -0.4 is 10.1 Å². The van der Waals surface area contributed by atoms with Crippen molar-refractivity contribution >= 4 is 26.8 Å². The molecule has 5 rings (SSSR count). The van der Waals surface area contributed by atoms with Crippen LogP contribution in [0.1, 0.15) is 34.3 Å². The topological polar surface area (TPSA) is 103 Å². The summed E-state index contributed by atoms with van der Waals surface area (Å²) in [6.07, 6.45) is 0.518. The van der Waals surface area contributed by atoms with Crippen molar-refractivity contribution in [1.29, 1.82) is 0 Å². The van der Waals surface area contributed by atoms with Crippen molar-refractivity contribution in [3.8, 4) is 17.0 Å². The van der Waals surface area contributed by atoms with Crippen LogP contribution in [0.3, 0.4) is 0 Å². The predicted octanol–water partition coefficient (Wildman–Crippen LogP) is 3.70. The molecule has 1 N–H and O–H groups in total. The summed E-state index contributed by atoms with van der Waals surface area (Å²) in [5, 5.41) is 2.95. The highest BCUT2D eigenvalue weighted by Crippen LogP contribution is 2.32. The van der Waals surface area contributed by atoms with Crippen LogP contribution in [0.2, 0.25) is 0 Å². The number of amides is 1. The Bertz CT molecular complexity index is 1500. The van der Waals surface area contributed by atoms with Gasteiger partial charge in [0, 0.05) is 12.1 Å². The number of pyridine rings is 1. The van der Waals surface area contributed by atoms with Gasteiger partial charge in [0.25, 0.3) is 5.91 Å². The van der Waals surface area contributed by atoms with Gasteiger partial charge in [-0.15, -0.1) is 0 Å². The maximum atomic E-state index is 13.3. The van der Waals surface area contributed by atoms with Gasteiger partial charge in [-0.1, -0.05) is 30.3 Å². The van der Waals surface area contributed by atoms with Gasteiger partial charge in [-0.05, 0) is 49.2 Å². The summed E-state index contributed by atoms with van der Waals surface area (Å²) >= 11 is 0. The van der Waals surface area contributed by atoms with Gasteiger partial charge < -0.3 is 14.6 Å². The van der Waals surface area contributed by atoms with E-state index in [1.54, 1.807) is 7.11 Å². The number of nitrogens with zero attached hydrogens (tertiary/aromatic N) is 3. The van der Waals surface area contributed by atoms with Crippen molar-refractivity contribution in [2.45, 2.75) is 25.9 Å². The lowest BCUT2D eigenvalue weighted by Crippen LogP contribution is -2.24. The van der Waals surface area contributed by atoms with Crippen LogP contribution in [0.15, 0.2) is 60.7 Å². The summed E-state index contributed by atoms with van der Waals surface area (Å²) < 4.78 is 31.6. The Hall–Kier alpha value is -3.72. The molecule has 1 aliphatic heterocycles. The molecule has 180 valence electrons. The van der Waals surface area contributed by atoms with Gasteiger partial charge in [-0.2, -0.15) is 0 Å². The number of nitrogens with one attached hydrogen (secondary N) is 1. The first kappa shape index (κ1) is 23.0. The van der Waals surface area contributed by atoms with Crippen LogP contribution in [-0.4, -0.2) is 47.5 Å². The molecular weight excluding hydrogens is 464 g/mol. The van der Waals surface area contributed by atoms with E-state index in [1.807, 2.05) is 72.2 Å². The molecule has 2 aromatic heterocycles. The van der Waals surface area contributed by atoms with Crippen LogP contribution in [-0.2, 0) is 16.4 Å². The molecule has 9 heteroatoms. The Labute approximate surface area is 203 Å². The van der Waals surface area contributed by atoms with E-state index in [0.717, 1.165) is 11.1 Å². The highest BCUT2D eigenvalue weighted by molar-refractivity contribution is 7.91. The third-order valence-corrected chi connectivity index (χ3v) is 8.08. The third kappa shape index (κ3) is 4.64. The summed E-state index contributed by atoms with van der Waals surface area (Å²) in [6.45, 7) is 2.19. The zero-order valence-electron chi connectivity index (χ0n) is 19.6. The maximum absolute atomic E-state index is 13.3. The molecule has 0 radical (unpaired) electrons. The fraction of sp³-hybridized carbons (Fsp3) is 0.269. The quantitative estimate of drug-likeness (QED) is 0.442. The number of sulfone groups is 1. The van der Waals surface area contributed by atoms with Crippen LogP contribution in [0.4, 0.5) is 0 Å². The van der Waals surface area contributed by atoms with Crippen molar-refractivity contribution in [2.75, 3.05) is 18.6 Å². The standard InChI is InChI=1S/C26H26N4O4S/c1-17-28-24-23(30(17)20-12-13-35(32,33)16-20)14-22(19-8-10-21(34-2)11-9-19)29-25(24)26(31)27-15-18-6-4-3-5-7-18/h3-11,14,20H,12-13,15-16H2,1-2H3,(H,27,31). The number of hydrogen-bond acceptors (Lipinski definition) is 6. The number of imidazole rings is 1. The first-order valence-corrected chi connectivity index (χ1v) is 13.2. The minimum atomic E-state index is -3.10. The maximum Gasteiger partial charge on any atom is 0.272 e. The molecular formula is C26H26N4O4S. The normalized spacial score (nSPS) is 16.9. The van der Waals surface area contributed by atoms with Crippen molar-refractivity contribution in [3.05, 3.63) is 77.7 Å². The smallest absolute Gasteiger partial charge is 0.272 e. The van der Waals surface area contributed by atoms with Gasteiger partial charge in [0.1, 0.15) is 17.1 Å². The van der Waals surface area contributed by atoms with Crippen LogP contribution in [0.5, 0.6) is 5.75 Å². The van der Waals surface area contributed by atoms with Gasteiger partial charge in [-0.25, -0.2) is 18.4 Å². The molecule has 35 heavy (non-hydrogen) atoms. The van der Waals surface area contributed by atoms with E-state index in [9.17, 15) is 13.2 Å². The zero-order valence-corrected chi connectivity index (χ0v) is 20.4. The second-order valence-corrected chi connectivity index (χ2v) is 10.9. The number of rotatable bonds is 6. The lowest BCUT2D eigenvalue weighted by Gasteiger charge is -2.15. The highest BCUT2D eigenvalue weighted by Gasteiger charge is 2.32. The molecule has 1 fully saturated rings. The van der Waals surface area contributed by atoms with E-state index < -0.39 is 9.84 Å². The van der Waals surface area contributed by atoms with E-state index in [2.05, 4.69) is 10.3 Å². The summed E-state index contributed by atoms with van der Waals surface area (Å²) in [6, 6.07) is 18.7. The van der Waals surface area contributed by atoms with Gasteiger partial charge in [0.05, 0.1) is 35.9 Å². The number of methoxy groups -OCH3 is 1. The molecule has 8 nitrogen and oxygen atoms in total. The van der Waals surface area contributed by atoms with Gasteiger partial charge in [-0.3, -0.25) is 4.79 Å². The minimum absolute atomic E-state index is 0.0645. The fourth-order valence-corrected chi connectivity index (χ4v) is 6.28. The van der Waals surface area contributed by atoms with Crippen molar-refractivity contribution in [1.82, 2.24) is 19.9 Å². The number of benzene rings is 2. The lowest BCUT2D eigenvalue weighted by atomic mass is 10.1. The number of aryl methyl sites for hydroxylation is 1. The molecule has 0 bridgehead atoms. The Morgan fingerprint density at radius 3 is 2.51 bits per heavy atom. The average Bonchev–Trinajstić information content (AvgIpc) is 3.39. The number of hydrogen-bond donors (Lipinski definition) is 1. The van der Waals surface area contributed by atoms with E-state index in [4.69, 9.17) is 9.72 Å². The molecule has 0 aliphatic carbocycles. The molecule has 1 aliphatic rings. The minimum Gasteiger partial charge on any atom is -0.497 e. The molecule has 2 aromatic carbocycles. The number of carbonyl (C=O) groups is 1. The SMILES string of the molecule is COc1ccc(-c2cc3c(nc(C)n3C3CCS(=O)(=O)C3)c(C(=O)NCc3ccccc3)n2)cc1. The number of aromatic nitrogens is 3. The third-order valence-electron chi connectivity index (χ3n) is 6.32. The van der Waals surface area contributed by atoms with Crippen LogP contribution in [0.25, 0.3) is 22.3 Å². The van der Waals surface area contributed by atoms with Crippen molar-refractivity contribution < 1.29 is 17.9 Å². The van der Waals surface area contributed by atoms with E-state index in [1.165, 1.54) is 0 Å². The molecule has 4 aromatic rings. The Kier molecular flexibility index (Phi) is 6.02. The van der Waals surface area contributed by atoms with Gasteiger partial charge in [0.15, 0.2) is 15.5 Å². The average molecular weight is 491 g/mol. The Morgan fingerprint density at radius 2 is 1.86 bits per heavy atom. The molecule has 1 amide bonds. The summed E-state index contributed by atoms with van der Waals surface area (Å²) in [4.78, 5) is 22.7. The summed E-state index contributed by atoms with van der Waals surface area (Å²) in [7, 11) is -1.50. The Balaban J connectivity index is 1.61. The van der Waals surface area contributed by atoms with E-state index >= 15 is 0 Å². The summed E-state index contributed by atoms with van der Waals surface area (Å²) in [5.41, 5.74) is 3.78. The zero-order chi connectivity index (χ0) is 24.6. The number of carbonyl (C=O) groups excluding carboxylic acids is 1.